The van der Waals surface area contributed by atoms with Gasteiger partial charge in [-0.1, -0.05) is 13.0 Å². The fourth-order valence-electron chi connectivity index (χ4n) is 2.88. The lowest BCUT2D eigenvalue weighted by atomic mass is 9.87. The number of alkyl halides is 3. The molecule has 0 aliphatic carbocycles. The maximum atomic E-state index is 13.2. The van der Waals surface area contributed by atoms with Gasteiger partial charge in [0, 0.05) is 17.5 Å². The van der Waals surface area contributed by atoms with Crippen LogP contribution in [-0.2, 0) is 11.0 Å². The first kappa shape index (κ1) is 20.3. The van der Waals surface area contributed by atoms with E-state index in [0.29, 0.717) is 16.9 Å². The molecule has 1 atom stereocenters. The van der Waals surface area contributed by atoms with Gasteiger partial charge in [0.2, 0.25) is 11.8 Å². The van der Waals surface area contributed by atoms with Crippen LogP contribution in [0.25, 0.3) is 11.1 Å². The molecule has 2 aromatic rings. The highest BCUT2D eigenvalue weighted by atomic mass is 19.4. The summed E-state index contributed by atoms with van der Waals surface area (Å²) in [6.45, 7) is 1.61. The van der Waals surface area contributed by atoms with Crippen molar-refractivity contribution in [3.63, 3.8) is 0 Å². The van der Waals surface area contributed by atoms with Crippen LogP contribution in [0.3, 0.4) is 0 Å². The van der Waals surface area contributed by atoms with Gasteiger partial charge in [-0.2, -0.15) is 13.2 Å². The standard InChI is InChI=1S/C19H19F3N2O3/c1-10(7-17(23)25)14-9-12(19(20,21)22)4-5-13(14)15-8-11(18(24)26)3-6-16(15)27-2/h3-6,8-10H,7H2,1-2H3,(H2,23,25)(H2,24,26). The van der Waals surface area contributed by atoms with Gasteiger partial charge in [0.15, 0.2) is 0 Å². The summed E-state index contributed by atoms with van der Waals surface area (Å²) in [5.74, 6) is -1.55. The number of carbonyl (C=O) groups is 2. The van der Waals surface area contributed by atoms with Crippen molar-refractivity contribution < 1.29 is 27.5 Å². The molecule has 2 amide bonds. The van der Waals surface area contributed by atoms with Crippen molar-refractivity contribution in [3.05, 3.63) is 53.1 Å². The predicted molar refractivity (Wildman–Crippen MR) is 94.2 cm³/mol. The van der Waals surface area contributed by atoms with Gasteiger partial charge in [0.05, 0.1) is 12.7 Å². The summed E-state index contributed by atoms with van der Waals surface area (Å²) >= 11 is 0. The lowest BCUT2D eigenvalue weighted by Crippen LogP contribution is -2.15. The molecule has 0 aromatic heterocycles. The number of carbonyl (C=O) groups excluding carboxylic acids is 2. The summed E-state index contributed by atoms with van der Waals surface area (Å²) in [5, 5.41) is 0. The first-order valence-corrected chi connectivity index (χ1v) is 8.02. The van der Waals surface area contributed by atoms with Crippen LogP contribution in [0, 0.1) is 0 Å². The van der Waals surface area contributed by atoms with E-state index in [4.69, 9.17) is 16.2 Å². The van der Waals surface area contributed by atoms with Crippen molar-refractivity contribution in [2.45, 2.75) is 25.4 Å². The second-order valence-electron chi connectivity index (χ2n) is 6.15. The Morgan fingerprint density at radius 3 is 2.26 bits per heavy atom. The number of hydrogen-bond donors (Lipinski definition) is 2. The number of nitrogens with two attached hydrogens (primary N) is 2. The summed E-state index contributed by atoms with van der Waals surface area (Å²) in [6, 6.07) is 7.63. The van der Waals surface area contributed by atoms with Crippen LogP contribution in [-0.4, -0.2) is 18.9 Å². The molecular formula is C19H19F3N2O3. The van der Waals surface area contributed by atoms with Crippen molar-refractivity contribution in [2.75, 3.05) is 7.11 Å². The predicted octanol–water partition coefficient (Wildman–Crippen LogP) is 3.46. The quantitative estimate of drug-likeness (QED) is 0.803. The van der Waals surface area contributed by atoms with Gasteiger partial charge in [-0.15, -0.1) is 0 Å². The number of ether oxygens (including phenoxy) is 1. The van der Waals surface area contributed by atoms with Crippen LogP contribution < -0.4 is 16.2 Å². The minimum atomic E-state index is -4.54. The van der Waals surface area contributed by atoms with Gasteiger partial charge >= 0.3 is 6.18 Å². The van der Waals surface area contributed by atoms with Crippen molar-refractivity contribution in [1.29, 1.82) is 0 Å². The fraction of sp³-hybridized carbons (Fsp3) is 0.263. The minimum absolute atomic E-state index is 0.133. The van der Waals surface area contributed by atoms with E-state index >= 15 is 0 Å². The second-order valence-corrected chi connectivity index (χ2v) is 6.15. The number of rotatable bonds is 6. The third-order valence-corrected chi connectivity index (χ3v) is 4.19. The average Bonchev–Trinajstić information content (AvgIpc) is 2.59. The van der Waals surface area contributed by atoms with Gasteiger partial charge in [-0.25, -0.2) is 0 Å². The fourth-order valence-corrected chi connectivity index (χ4v) is 2.88. The molecule has 8 heteroatoms. The first-order chi connectivity index (χ1) is 12.5. The molecule has 0 fully saturated rings. The van der Waals surface area contributed by atoms with Crippen molar-refractivity contribution in [2.24, 2.45) is 11.5 Å². The van der Waals surface area contributed by atoms with Gasteiger partial charge in [0.25, 0.3) is 0 Å². The molecule has 27 heavy (non-hydrogen) atoms. The zero-order valence-electron chi connectivity index (χ0n) is 14.8. The molecule has 4 N–H and O–H groups in total. The molecule has 0 saturated carbocycles. The normalized spacial score (nSPS) is 12.5. The largest absolute Gasteiger partial charge is 0.496 e. The summed E-state index contributed by atoms with van der Waals surface area (Å²) in [5.41, 5.74) is 10.9. The third kappa shape index (κ3) is 4.58. The molecule has 144 valence electrons. The van der Waals surface area contributed by atoms with E-state index < -0.39 is 29.5 Å². The highest BCUT2D eigenvalue weighted by molar-refractivity contribution is 5.95. The van der Waals surface area contributed by atoms with Gasteiger partial charge in [-0.05, 0) is 47.4 Å². The van der Waals surface area contributed by atoms with Gasteiger partial charge in [-0.3, -0.25) is 9.59 Å². The number of benzene rings is 2. The summed E-state index contributed by atoms with van der Waals surface area (Å²) in [6.07, 6.45) is -4.68. The number of methoxy groups -OCH3 is 1. The molecule has 0 aliphatic rings. The Balaban J connectivity index is 2.73. The smallest absolute Gasteiger partial charge is 0.416 e. The Labute approximate surface area is 154 Å². The number of amides is 2. The maximum Gasteiger partial charge on any atom is 0.416 e. The Morgan fingerprint density at radius 2 is 1.74 bits per heavy atom. The third-order valence-electron chi connectivity index (χ3n) is 4.19. The van der Waals surface area contributed by atoms with Crippen molar-refractivity contribution in [1.82, 2.24) is 0 Å². The molecule has 0 bridgehead atoms. The molecule has 0 saturated heterocycles. The SMILES string of the molecule is COc1ccc(C(N)=O)cc1-c1ccc(C(F)(F)F)cc1C(C)CC(N)=O. The van der Waals surface area contributed by atoms with E-state index in [1.54, 1.807) is 6.92 Å². The van der Waals surface area contributed by atoms with E-state index in [1.807, 2.05) is 0 Å². The van der Waals surface area contributed by atoms with Gasteiger partial charge in [0.1, 0.15) is 5.75 Å². The van der Waals surface area contributed by atoms with E-state index in [0.717, 1.165) is 12.1 Å². The van der Waals surface area contributed by atoms with Crippen LogP contribution in [0.5, 0.6) is 5.75 Å². The van der Waals surface area contributed by atoms with Crippen molar-refractivity contribution >= 4 is 11.8 Å². The summed E-state index contributed by atoms with van der Waals surface area (Å²) < 4.78 is 44.8. The first-order valence-electron chi connectivity index (χ1n) is 8.02. The zero-order chi connectivity index (χ0) is 20.4. The molecule has 2 aromatic carbocycles. The van der Waals surface area contributed by atoms with Gasteiger partial charge < -0.3 is 16.2 Å². The topological polar surface area (TPSA) is 95.4 Å². The van der Waals surface area contributed by atoms with Crippen LogP contribution in [0.4, 0.5) is 13.2 Å². The number of halogens is 3. The molecule has 0 radical (unpaired) electrons. The van der Waals surface area contributed by atoms with Crippen molar-refractivity contribution in [3.8, 4) is 16.9 Å². The molecule has 0 aliphatic heterocycles. The van der Waals surface area contributed by atoms with Crippen LogP contribution in [0.1, 0.15) is 40.7 Å². The Hall–Kier alpha value is -3.03. The second kappa shape index (κ2) is 7.69. The Kier molecular flexibility index (Phi) is 5.78. The molecule has 1 unspecified atom stereocenters. The molecule has 0 spiro atoms. The highest BCUT2D eigenvalue weighted by Gasteiger charge is 2.32. The van der Waals surface area contributed by atoms with E-state index in [-0.39, 0.29) is 17.5 Å². The Bertz CT molecular complexity index is 879. The monoisotopic (exact) mass is 380 g/mol. The van der Waals surface area contributed by atoms with Crippen LogP contribution in [0.2, 0.25) is 0 Å². The minimum Gasteiger partial charge on any atom is -0.496 e. The molecular weight excluding hydrogens is 361 g/mol. The number of hydrogen-bond acceptors (Lipinski definition) is 3. The van der Waals surface area contributed by atoms with Crippen LogP contribution in [0.15, 0.2) is 36.4 Å². The lowest BCUT2D eigenvalue weighted by Gasteiger charge is -2.20. The van der Waals surface area contributed by atoms with E-state index in [1.165, 1.54) is 31.4 Å². The lowest BCUT2D eigenvalue weighted by molar-refractivity contribution is -0.137. The molecule has 2 rings (SSSR count). The highest BCUT2D eigenvalue weighted by Crippen LogP contribution is 2.40. The summed E-state index contributed by atoms with van der Waals surface area (Å²) in [7, 11) is 1.40. The zero-order valence-corrected chi connectivity index (χ0v) is 14.8. The average molecular weight is 380 g/mol. The molecule has 5 nitrogen and oxygen atoms in total. The maximum absolute atomic E-state index is 13.2. The van der Waals surface area contributed by atoms with E-state index in [2.05, 4.69) is 0 Å². The van der Waals surface area contributed by atoms with E-state index in [9.17, 15) is 22.8 Å². The summed E-state index contributed by atoms with van der Waals surface area (Å²) in [4.78, 5) is 22.8. The van der Waals surface area contributed by atoms with Crippen LogP contribution >= 0.6 is 0 Å². The Morgan fingerprint density at radius 1 is 1.07 bits per heavy atom. The molecule has 0 heterocycles. The number of primary amides is 2.